The topological polar surface area (TPSA) is 76.0 Å². The van der Waals surface area contributed by atoms with Crippen LogP contribution in [0.1, 0.15) is 6.92 Å². The van der Waals surface area contributed by atoms with Crippen molar-refractivity contribution in [3.05, 3.63) is 12.3 Å². The van der Waals surface area contributed by atoms with Crippen molar-refractivity contribution >= 4 is 5.97 Å². The normalized spacial score (nSPS) is 32.4. The van der Waals surface area contributed by atoms with E-state index in [1.807, 2.05) is 0 Å². The van der Waals surface area contributed by atoms with Crippen LogP contribution < -0.4 is 0 Å². The van der Waals surface area contributed by atoms with Gasteiger partial charge in [-0.1, -0.05) is 0 Å². The molecule has 5 heteroatoms. The van der Waals surface area contributed by atoms with Gasteiger partial charge in [-0.05, 0) is 6.08 Å². The second kappa shape index (κ2) is 4.25. The molecular formula is C8H12O5. The Morgan fingerprint density at radius 3 is 2.92 bits per heavy atom. The second-order valence-electron chi connectivity index (χ2n) is 2.79. The van der Waals surface area contributed by atoms with Gasteiger partial charge in [0.1, 0.15) is 18.8 Å². The van der Waals surface area contributed by atoms with E-state index in [-0.39, 0.29) is 6.61 Å². The van der Waals surface area contributed by atoms with Crippen LogP contribution in [0.3, 0.4) is 0 Å². The fraction of sp³-hybridized carbons (Fsp3) is 0.625. The zero-order chi connectivity index (χ0) is 9.84. The minimum atomic E-state index is -1.05. The molecule has 0 aliphatic carbocycles. The first-order chi connectivity index (χ1) is 6.11. The first kappa shape index (κ1) is 10.0. The molecule has 0 radical (unpaired) electrons. The molecule has 0 aromatic rings. The number of carbonyl (C=O) groups is 1. The Morgan fingerprint density at radius 1 is 1.62 bits per heavy atom. The molecule has 5 nitrogen and oxygen atoms in total. The molecule has 0 aromatic heterocycles. The monoisotopic (exact) mass is 188 g/mol. The summed E-state index contributed by atoms with van der Waals surface area (Å²) in [5, 5.41) is 18.5. The predicted octanol–water partition coefficient (Wildman–Crippen LogP) is -0.816. The number of ether oxygens (including phenoxy) is 2. The smallest absolute Gasteiger partial charge is 0.302 e. The fourth-order valence-electron chi connectivity index (χ4n) is 0.978. The van der Waals surface area contributed by atoms with Crippen molar-refractivity contribution in [3.8, 4) is 0 Å². The molecule has 1 heterocycles. The molecule has 0 spiro atoms. The van der Waals surface area contributed by atoms with Crippen molar-refractivity contribution in [2.75, 3.05) is 6.61 Å². The molecule has 0 bridgehead atoms. The molecule has 0 fully saturated rings. The molecule has 3 atom stereocenters. The molecule has 1 aliphatic heterocycles. The first-order valence-corrected chi connectivity index (χ1v) is 3.93. The van der Waals surface area contributed by atoms with Crippen molar-refractivity contribution in [2.45, 2.75) is 25.2 Å². The Bertz CT molecular complexity index is 213. The number of carbonyl (C=O) groups excluding carboxylic acids is 1. The third-order valence-electron chi connectivity index (χ3n) is 1.71. The summed E-state index contributed by atoms with van der Waals surface area (Å²) in [4.78, 5) is 10.4. The lowest BCUT2D eigenvalue weighted by Gasteiger charge is -2.27. The third-order valence-corrected chi connectivity index (χ3v) is 1.71. The molecule has 0 amide bonds. The first-order valence-electron chi connectivity index (χ1n) is 3.93. The summed E-state index contributed by atoms with van der Waals surface area (Å²) in [5.41, 5.74) is 0. The average Bonchev–Trinajstić information content (AvgIpc) is 2.07. The summed E-state index contributed by atoms with van der Waals surface area (Å²) in [5.74, 6) is -0.445. The van der Waals surface area contributed by atoms with Gasteiger partial charge in [-0.25, -0.2) is 0 Å². The Morgan fingerprint density at radius 2 is 2.31 bits per heavy atom. The largest absolute Gasteiger partial charge is 0.492 e. The van der Waals surface area contributed by atoms with Crippen LogP contribution in [0.5, 0.6) is 0 Å². The number of aliphatic hydroxyl groups excluding tert-OH is 2. The third kappa shape index (κ3) is 2.71. The lowest BCUT2D eigenvalue weighted by Crippen LogP contribution is -2.42. The Hall–Kier alpha value is -1.07. The van der Waals surface area contributed by atoms with Crippen LogP contribution in [0.2, 0.25) is 0 Å². The highest BCUT2D eigenvalue weighted by atomic mass is 16.6. The van der Waals surface area contributed by atoms with Crippen LogP contribution in [0.25, 0.3) is 0 Å². The van der Waals surface area contributed by atoms with Crippen molar-refractivity contribution in [1.82, 2.24) is 0 Å². The number of aliphatic hydroxyl groups is 2. The van der Waals surface area contributed by atoms with Crippen LogP contribution >= 0.6 is 0 Å². The summed E-state index contributed by atoms with van der Waals surface area (Å²) < 4.78 is 9.57. The maximum absolute atomic E-state index is 10.4. The van der Waals surface area contributed by atoms with Gasteiger partial charge in [0.2, 0.25) is 0 Å². The molecule has 2 N–H and O–H groups in total. The van der Waals surface area contributed by atoms with Crippen molar-refractivity contribution in [1.29, 1.82) is 0 Å². The SMILES string of the molecule is CC(=O)OCC1OC=CC(O)C1O. The van der Waals surface area contributed by atoms with E-state index in [4.69, 9.17) is 9.84 Å². The molecule has 3 unspecified atom stereocenters. The average molecular weight is 188 g/mol. The summed E-state index contributed by atoms with van der Waals surface area (Å²) in [6.07, 6.45) is -0.0944. The molecule has 1 aliphatic rings. The van der Waals surface area contributed by atoms with Gasteiger partial charge in [-0.15, -0.1) is 0 Å². The van der Waals surface area contributed by atoms with Gasteiger partial charge in [0.05, 0.1) is 6.26 Å². The van der Waals surface area contributed by atoms with Gasteiger partial charge < -0.3 is 19.7 Å². The van der Waals surface area contributed by atoms with E-state index < -0.39 is 24.3 Å². The van der Waals surface area contributed by atoms with Crippen LogP contribution in [0.4, 0.5) is 0 Å². The highest BCUT2D eigenvalue weighted by molar-refractivity contribution is 5.65. The lowest BCUT2D eigenvalue weighted by molar-refractivity contribution is -0.149. The molecule has 13 heavy (non-hydrogen) atoms. The van der Waals surface area contributed by atoms with E-state index in [1.165, 1.54) is 19.3 Å². The van der Waals surface area contributed by atoms with E-state index in [0.29, 0.717) is 0 Å². The zero-order valence-electron chi connectivity index (χ0n) is 7.21. The second-order valence-corrected chi connectivity index (χ2v) is 2.79. The molecule has 74 valence electrons. The van der Waals surface area contributed by atoms with Gasteiger partial charge in [0, 0.05) is 6.92 Å². The van der Waals surface area contributed by atoms with Gasteiger partial charge in [-0.3, -0.25) is 4.79 Å². The quantitative estimate of drug-likeness (QED) is 0.554. The Balaban J connectivity index is 2.42. The highest BCUT2D eigenvalue weighted by Gasteiger charge is 2.29. The van der Waals surface area contributed by atoms with E-state index >= 15 is 0 Å². The van der Waals surface area contributed by atoms with Crippen molar-refractivity contribution in [2.24, 2.45) is 0 Å². The number of esters is 1. The maximum Gasteiger partial charge on any atom is 0.302 e. The van der Waals surface area contributed by atoms with E-state index in [1.54, 1.807) is 0 Å². The molecule has 1 rings (SSSR count). The van der Waals surface area contributed by atoms with Gasteiger partial charge in [0.25, 0.3) is 0 Å². The lowest BCUT2D eigenvalue weighted by atomic mass is 10.1. The summed E-state index contributed by atoms with van der Waals surface area (Å²) in [6.45, 7) is 1.21. The zero-order valence-corrected chi connectivity index (χ0v) is 7.21. The van der Waals surface area contributed by atoms with E-state index in [0.717, 1.165) is 0 Å². The van der Waals surface area contributed by atoms with Crippen LogP contribution in [0.15, 0.2) is 12.3 Å². The van der Waals surface area contributed by atoms with Gasteiger partial charge in [0.15, 0.2) is 6.10 Å². The van der Waals surface area contributed by atoms with Crippen molar-refractivity contribution in [3.63, 3.8) is 0 Å². The van der Waals surface area contributed by atoms with Crippen LogP contribution in [0, 0.1) is 0 Å². The minimum absolute atomic E-state index is 0.0576. The van der Waals surface area contributed by atoms with Crippen LogP contribution in [-0.4, -0.2) is 41.1 Å². The molecular weight excluding hydrogens is 176 g/mol. The number of hydrogen-bond acceptors (Lipinski definition) is 5. The van der Waals surface area contributed by atoms with Crippen LogP contribution in [-0.2, 0) is 14.3 Å². The Kier molecular flexibility index (Phi) is 3.27. The summed E-state index contributed by atoms with van der Waals surface area (Å²) in [7, 11) is 0. The summed E-state index contributed by atoms with van der Waals surface area (Å²) >= 11 is 0. The van der Waals surface area contributed by atoms with Gasteiger partial charge in [-0.2, -0.15) is 0 Å². The minimum Gasteiger partial charge on any atom is -0.492 e. The Labute approximate surface area is 75.6 Å². The fourth-order valence-corrected chi connectivity index (χ4v) is 0.978. The standard InChI is InChI=1S/C8H12O5/c1-5(9)13-4-7-8(11)6(10)2-3-12-7/h2-3,6-8,10-11H,4H2,1H3. The number of rotatable bonds is 2. The molecule has 0 aromatic carbocycles. The predicted molar refractivity (Wildman–Crippen MR) is 42.7 cm³/mol. The maximum atomic E-state index is 10.4. The summed E-state index contributed by atoms with van der Waals surface area (Å²) in [6, 6.07) is 0. The number of hydrogen-bond donors (Lipinski definition) is 2. The van der Waals surface area contributed by atoms with E-state index in [2.05, 4.69) is 4.74 Å². The van der Waals surface area contributed by atoms with Crippen molar-refractivity contribution < 1.29 is 24.5 Å². The van der Waals surface area contributed by atoms with E-state index in [9.17, 15) is 9.90 Å². The molecule has 0 saturated carbocycles. The van der Waals surface area contributed by atoms with Gasteiger partial charge >= 0.3 is 5.97 Å². The highest BCUT2D eigenvalue weighted by Crippen LogP contribution is 2.12. The molecule has 0 saturated heterocycles.